The van der Waals surface area contributed by atoms with Crippen LogP contribution in [0.5, 0.6) is 0 Å². The Morgan fingerprint density at radius 1 is 1.47 bits per heavy atom. The molecule has 0 radical (unpaired) electrons. The van der Waals surface area contributed by atoms with E-state index in [4.69, 9.17) is 4.74 Å². The van der Waals surface area contributed by atoms with Gasteiger partial charge in [0.05, 0.1) is 0 Å². The highest BCUT2D eigenvalue weighted by molar-refractivity contribution is 5.81. The molecule has 0 aromatic rings. The van der Waals surface area contributed by atoms with E-state index in [1.165, 1.54) is 6.08 Å². The second kappa shape index (κ2) is 6.65. The van der Waals surface area contributed by atoms with E-state index in [-0.39, 0.29) is 12.1 Å². The van der Waals surface area contributed by atoms with Crippen LogP contribution < -0.4 is 0 Å². The lowest BCUT2D eigenvalue weighted by molar-refractivity contribution is -0.143. The first-order valence-corrected chi connectivity index (χ1v) is 5.72. The molecule has 0 aromatic carbocycles. The molecule has 0 amide bonds. The molecular formula is C13H24O2. The zero-order chi connectivity index (χ0) is 11.9. The quantitative estimate of drug-likeness (QED) is 0.495. The summed E-state index contributed by atoms with van der Waals surface area (Å²) in [6, 6.07) is 0. The summed E-state index contributed by atoms with van der Waals surface area (Å²) in [4.78, 5) is 11.0. The molecule has 1 atom stereocenters. The normalized spacial score (nSPS) is 13.3. The Kier molecular flexibility index (Phi) is 6.30. The van der Waals surface area contributed by atoms with Crippen molar-refractivity contribution in [3.05, 3.63) is 12.7 Å². The molecule has 0 heterocycles. The summed E-state index contributed by atoms with van der Waals surface area (Å²) in [5.74, 6) is -0.308. The highest BCUT2D eigenvalue weighted by Gasteiger charge is 2.14. The largest absolute Gasteiger partial charge is 0.459 e. The van der Waals surface area contributed by atoms with Crippen molar-refractivity contribution in [2.75, 3.05) is 0 Å². The Morgan fingerprint density at radius 2 is 2.07 bits per heavy atom. The topological polar surface area (TPSA) is 26.3 Å². The molecule has 0 saturated carbocycles. The van der Waals surface area contributed by atoms with Gasteiger partial charge in [0.25, 0.3) is 0 Å². The van der Waals surface area contributed by atoms with Crippen LogP contribution in [-0.4, -0.2) is 12.1 Å². The van der Waals surface area contributed by atoms with Gasteiger partial charge in [-0.1, -0.05) is 34.3 Å². The first-order chi connectivity index (χ1) is 6.89. The van der Waals surface area contributed by atoms with Gasteiger partial charge in [0.15, 0.2) is 0 Å². The standard InChI is InChI=1S/C13H24O2/c1-6-11(15-12(14)7-2)9-8-10-13(3,4)5/h7,11H,2,6,8-10H2,1,3-5H3. The zero-order valence-electron chi connectivity index (χ0n) is 10.5. The lowest BCUT2D eigenvalue weighted by Crippen LogP contribution is -2.16. The Bertz CT molecular complexity index is 201. The van der Waals surface area contributed by atoms with Crippen molar-refractivity contribution < 1.29 is 9.53 Å². The molecule has 2 heteroatoms. The van der Waals surface area contributed by atoms with Gasteiger partial charge in [-0.2, -0.15) is 0 Å². The predicted molar refractivity (Wildman–Crippen MR) is 63.7 cm³/mol. The van der Waals surface area contributed by atoms with Crippen LogP contribution in [0.3, 0.4) is 0 Å². The summed E-state index contributed by atoms with van der Waals surface area (Å²) in [6.45, 7) is 12.1. The highest BCUT2D eigenvalue weighted by atomic mass is 16.5. The smallest absolute Gasteiger partial charge is 0.330 e. The number of hydrogen-bond donors (Lipinski definition) is 0. The van der Waals surface area contributed by atoms with Crippen LogP contribution in [0, 0.1) is 5.41 Å². The second-order valence-corrected chi connectivity index (χ2v) is 5.12. The number of carbonyl (C=O) groups is 1. The fourth-order valence-electron chi connectivity index (χ4n) is 1.42. The number of ether oxygens (including phenoxy) is 1. The van der Waals surface area contributed by atoms with Crippen molar-refractivity contribution in [2.45, 2.75) is 59.5 Å². The van der Waals surface area contributed by atoms with Crippen LogP contribution in [0.2, 0.25) is 0 Å². The molecule has 0 rings (SSSR count). The van der Waals surface area contributed by atoms with Gasteiger partial charge in [0.1, 0.15) is 6.10 Å². The van der Waals surface area contributed by atoms with Gasteiger partial charge in [0, 0.05) is 6.08 Å². The molecule has 0 bridgehead atoms. The third-order valence-corrected chi connectivity index (χ3v) is 2.36. The van der Waals surface area contributed by atoms with Crippen LogP contribution in [0.1, 0.15) is 53.4 Å². The van der Waals surface area contributed by atoms with Crippen molar-refractivity contribution in [1.29, 1.82) is 0 Å². The van der Waals surface area contributed by atoms with Crippen molar-refractivity contribution in [2.24, 2.45) is 5.41 Å². The van der Waals surface area contributed by atoms with Gasteiger partial charge >= 0.3 is 5.97 Å². The zero-order valence-corrected chi connectivity index (χ0v) is 10.5. The number of carbonyl (C=O) groups excluding carboxylic acids is 1. The van der Waals surface area contributed by atoms with Crippen molar-refractivity contribution in [1.82, 2.24) is 0 Å². The predicted octanol–water partition coefficient (Wildman–Crippen LogP) is 3.71. The third kappa shape index (κ3) is 8.22. The highest BCUT2D eigenvalue weighted by Crippen LogP contribution is 2.23. The SMILES string of the molecule is C=CC(=O)OC(CC)CCCC(C)(C)C. The van der Waals surface area contributed by atoms with Crippen molar-refractivity contribution in [3.8, 4) is 0 Å². The van der Waals surface area contributed by atoms with Gasteiger partial charge < -0.3 is 4.74 Å². The van der Waals surface area contributed by atoms with E-state index in [2.05, 4.69) is 27.4 Å². The molecule has 1 unspecified atom stereocenters. The van der Waals surface area contributed by atoms with E-state index in [1.807, 2.05) is 6.92 Å². The molecule has 88 valence electrons. The average molecular weight is 212 g/mol. The van der Waals surface area contributed by atoms with Gasteiger partial charge in [-0.3, -0.25) is 0 Å². The van der Waals surface area contributed by atoms with E-state index >= 15 is 0 Å². The first-order valence-electron chi connectivity index (χ1n) is 5.72. The molecule has 0 aliphatic heterocycles. The Balaban J connectivity index is 3.80. The minimum Gasteiger partial charge on any atom is -0.459 e. The van der Waals surface area contributed by atoms with Crippen LogP contribution in [0.15, 0.2) is 12.7 Å². The van der Waals surface area contributed by atoms with Gasteiger partial charge in [-0.25, -0.2) is 4.79 Å². The molecule has 0 aliphatic rings. The summed E-state index contributed by atoms with van der Waals surface area (Å²) in [7, 11) is 0. The molecule has 0 N–H and O–H groups in total. The van der Waals surface area contributed by atoms with Gasteiger partial charge in [0.2, 0.25) is 0 Å². The summed E-state index contributed by atoms with van der Waals surface area (Å²) in [6.07, 6.45) is 5.38. The molecule has 2 nitrogen and oxygen atoms in total. The minimum atomic E-state index is -0.308. The third-order valence-electron chi connectivity index (χ3n) is 2.36. The molecule has 0 fully saturated rings. The molecule has 0 saturated heterocycles. The van der Waals surface area contributed by atoms with E-state index in [1.54, 1.807) is 0 Å². The molecular weight excluding hydrogens is 188 g/mol. The molecule has 15 heavy (non-hydrogen) atoms. The van der Waals surface area contributed by atoms with Crippen molar-refractivity contribution in [3.63, 3.8) is 0 Å². The summed E-state index contributed by atoms with van der Waals surface area (Å²) in [5, 5.41) is 0. The van der Waals surface area contributed by atoms with Gasteiger partial charge in [-0.15, -0.1) is 0 Å². The maximum absolute atomic E-state index is 11.0. The molecule has 0 aromatic heterocycles. The Labute approximate surface area is 93.7 Å². The minimum absolute atomic E-state index is 0.0536. The van der Waals surface area contributed by atoms with Crippen LogP contribution in [0.25, 0.3) is 0 Å². The summed E-state index contributed by atoms with van der Waals surface area (Å²) >= 11 is 0. The maximum atomic E-state index is 11.0. The molecule has 0 aliphatic carbocycles. The van der Waals surface area contributed by atoms with Crippen molar-refractivity contribution >= 4 is 5.97 Å². The second-order valence-electron chi connectivity index (χ2n) is 5.12. The molecule has 0 spiro atoms. The Hall–Kier alpha value is -0.790. The fraction of sp³-hybridized carbons (Fsp3) is 0.769. The average Bonchev–Trinajstić information content (AvgIpc) is 2.14. The Morgan fingerprint density at radius 3 is 2.47 bits per heavy atom. The van der Waals surface area contributed by atoms with E-state index in [0.717, 1.165) is 25.7 Å². The number of rotatable bonds is 6. The lowest BCUT2D eigenvalue weighted by Gasteiger charge is -2.20. The fourth-order valence-corrected chi connectivity index (χ4v) is 1.42. The van der Waals surface area contributed by atoms with E-state index < -0.39 is 0 Å². The summed E-state index contributed by atoms with van der Waals surface area (Å²) in [5.41, 5.74) is 0.362. The number of hydrogen-bond acceptors (Lipinski definition) is 2. The van der Waals surface area contributed by atoms with Crippen LogP contribution in [-0.2, 0) is 9.53 Å². The summed E-state index contributed by atoms with van der Waals surface area (Å²) < 4.78 is 5.21. The van der Waals surface area contributed by atoms with Crippen LogP contribution >= 0.6 is 0 Å². The van der Waals surface area contributed by atoms with Crippen LogP contribution in [0.4, 0.5) is 0 Å². The number of esters is 1. The van der Waals surface area contributed by atoms with Gasteiger partial charge in [-0.05, 0) is 31.1 Å². The van der Waals surface area contributed by atoms with E-state index in [9.17, 15) is 4.79 Å². The van der Waals surface area contributed by atoms with E-state index in [0.29, 0.717) is 5.41 Å². The first kappa shape index (κ1) is 14.2. The maximum Gasteiger partial charge on any atom is 0.330 e. The monoisotopic (exact) mass is 212 g/mol. The lowest BCUT2D eigenvalue weighted by atomic mass is 9.89.